The zero-order valence-corrected chi connectivity index (χ0v) is 19.5. The fourth-order valence-corrected chi connectivity index (χ4v) is 4.41. The normalized spacial score (nSPS) is 15.9. The predicted octanol–water partition coefficient (Wildman–Crippen LogP) is 4.69. The maximum atomic E-state index is 13.5. The number of hydrogen-bond acceptors (Lipinski definition) is 5. The molecule has 0 radical (unpaired) electrons. The minimum Gasteiger partial charge on any atom is -0.496 e. The summed E-state index contributed by atoms with van der Waals surface area (Å²) in [6, 6.07) is 12.0. The molecular weight excluding hydrogens is 419 g/mol. The van der Waals surface area contributed by atoms with Crippen molar-refractivity contribution in [3.8, 4) is 16.9 Å². The smallest absolute Gasteiger partial charge is 0.257 e. The number of para-hydroxylation sites is 1. The highest BCUT2D eigenvalue weighted by Gasteiger charge is 2.30. The number of methoxy groups -OCH3 is 1. The van der Waals surface area contributed by atoms with Crippen molar-refractivity contribution in [3.05, 3.63) is 71.3 Å². The van der Waals surface area contributed by atoms with Gasteiger partial charge in [-0.3, -0.25) is 4.79 Å². The summed E-state index contributed by atoms with van der Waals surface area (Å²) in [5.41, 5.74) is 4.12. The van der Waals surface area contributed by atoms with E-state index in [0.717, 1.165) is 35.2 Å². The number of carbonyl (C=O) groups excluding carboxylic acids is 1. The van der Waals surface area contributed by atoms with Gasteiger partial charge in [0.25, 0.3) is 5.91 Å². The number of carbonyl (C=O) groups is 1. The molecular formula is C26H29FN4O2. The highest BCUT2D eigenvalue weighted by atomic mass is 19.1. The van der Waals surface area contributed by atoms with E-state index in [1.54, 1.807) is 25.4 Å². The van der Waals surface area contributed by atoms with E-state index in [0.29, 0.717) is 30.4 Å². The Labute approximate surface area is 194 Å². The number of hydrogen-bond donors (Lipinski definition) is 0. The van der Waals surface area contributed by atoms with Crippen LogP contribution >= 0.6 is 0 Å². The van der Waals surface area contributed by atoms with Crippen molar-refractivity contribution in [1.29, 1.82) is 0 Å². The molecule has 0 saturated carbocycles. The fourth-order valence-electron chi connectivity index (χ4n) is 4.41. The fraction of sp³-hybridized carbons (Fsp3) is 0.346. The summed E-state index contributed by atoms with van der Waals surface area (Å²) in [5.74, 6) is 0.951. The number of ether oxygens (including phenoxy) is 1. The molecule has 172 valence electrons. The van der Waals surface area contributed by atoms with Crippen LogP contribution in [0.4, 0.5) is 10.3 Å². The number of nitrogens with zero attached hydrogens (tertiary/aromatic N) is 4. The second kappa shape index (κ2) is 9.57. The Bertz CT molecular complexity index is 1150. The van der Waals surface area contributed by atoms with Gasteiger partial charge in [-0.1, -0.05) is 24.3 Å². The van der Waals surface area contributed by atoms with Gasteiger partial charge in [-0.25, -0.2) is 14.4 Å². The van der Waals surface area contributed by atoms with Crippen molar-refractivity contribution in [3.63, 3.8) is 0 Å². The lowest BCUT2D eigenvalue weighted by molar-refractivity contribution is 0.0702. The first-order chi connectivity index (χ1) is 15.9. The van der Waals surface area contributed by atoms with Crippen LogP contribution in [0, 0.1) is 12.7 Å². The number of piperidine rings is 1. The Balaban J connectivity index is 1.69. The van der Waals surface area contributed by atoms with Gasteiger partial charge < -0.3 is 14.5 Å². The van der Waals surface area contributed by atoms with Crippen molar-refractivity contribution in [2.75, 3.05) is 39.2 Å². The molecule has 6 nitrogen and oxygen atoms in total. The van der Waals surface area contributed by atoms with Crippen LogP contribution in [0.3, 0.4) is 0 Å². The Morgan fingerprint density at radius 1 is 1.18 bits per heavy atom. The maximum absolute atomic E-state index is 13.5. The number of benzene rings is 2. The van der Waals surface area contributed by atoms with E-state index in [4.69, 9.17) is 9.72 Å². The van der Waals surface area contributed by atoms with Crippen LogP contribution in [0.25, 0.3) is 11.1 Å². The number of amides is 1. The standard InChI is InChI=1S/C26H29FN4O2/c1-17-7-5-9-21(24(17)33-4)25(32)31-14-6-8-19(16-31)23-22(15-28-26(29-23)30(2)3)18-10-12-20(27)13-11-18/h5,7,9-13,15,19H,6,8,14,16H2,1-4H3/t19-/m0/s1. The van der Waals surface area contributed by atoms with Crippen molar-refractivity contribution in [2.45, 2.75) is 25.7 Å². The first kappa shape index (κ1) is 22.7. The summed E-state index contributed by atoms with van der Waals surface area (Å²) in [4.78, 5) is 26.5. The number of aryl methyl sites for hydroxylation is 1. The average molecular weight is 449 g/mol. The van der Waals surface area contributed by atoms with Crippen molar-refractivity contribution in [2.24, 2.45) is 0 Å². The predicted molar refractivity (Wildman–Crippen MR) is 127 cm³/mol. The molecule has 2 aromatic carbocycles. The van der Waals surface area contributed by atoms with Crippen molar-refractivity contribution in [1.82, 2.24) is 14.9 Å². The molecule has 4 rings (SSSR count). The van der Waals surface area contributed by atoms with Gasteiger partial charge in [-0.05, 0) is 49.1 Å². The Morgan fingerprint density at radius 3 is 2.64 bits per heavy atom. The van der Waals surface area contributed by atoms with E-state index in [-0.39, 0.29) is 17.6 Å². The van der Waals surface area contributed by atoms with E-state index >= 15 is 0 Å². The second-order valence-corrected chi connectivity index (χ2v) is 8.62. The minimum atomic E-state index is -0.285. The van der Waals surface area contributed by atoms with Gasteiger partial charge >= 0.3 is 0 Å². The summed E-state index contributed by atoms with van der Waals surface area (Å²) < 4.78 is 19.1. The highest BCUT2D eigenvalue weighted by Crippen LogP contribution is 2.35. The lowest BCUT2D eigenvalue weighted by atomic mass is 9.89. The number of anilines is 1. The molecule has 7 heteroatoms. The topological polar surface area (TPSA) is 58.6 Å². The van der Waals surface area contributed by atoms with E-state index in [2.05, 4.69) is 4.98 Å². The van der Waals surface area contributed by atoms with E-state index < -0.39 is 0 Å². The monoisotopic (exact) mass is 448 g/mol. The van der Waals surface area contributed by atoms with Crippen LogP contribution in [-0.2, 0) is 0 Å². The zero-order chi connectivity index (χ0) is 23.5. The number of rotatable bonds is 5. The van der Waals surface area contributed by atoms with Gasteiger partial charge in [0.15, 0.2) is 0 Å². The van der Waals surface area contributed by atoms with E-state index in [9.17, 15) is 9.18 Å². The third-order valence-electron chi connectivity index (χ3n) is 6.10. The third-order valence-corrected chi connectivity index (χ3v) is 6.10. The largest absolute Gasteiger partial charge is 0.496 e. The maximum Gasteiger partial charge on any atom is 0.257 e. The van der Waals surface area contributed by atoms with Gasteiger partial charge in [-0.15, -0.1) is 0 Å². The molecule has 1 atom stereocenters. The molecule has 1 amide bonds. The first-order valence-corrected chi connectivity index (χ1v) is 11.1. The van der Waals surface area contributed by atoms with Crippen LogP contribution in [0.15, 0.2) is 48.7 Å². The van der Waals surface area contributed by atoms with Gasteiger partial charge in [0.2, 0.25) is 5.95 Å². The summed E-state index contributed by atoms with van der Waals surface area (Å²) in [5, 5.41) is 0. The molecule has 0 bridgehead atoms. The molecule has 1 fully saturated rings. The number of likely N-dealkylation sites (tertiary alicyclic amines) is 1. The second-order valence-electron chi connectivity index (χ2n) is 8.62. The number of halogens is 1. The molecule has 1 saturated heterocycles. The summed E-state index contributed by atoms with van der Waals surface area (Å²) in [7, 11) is 5.39. The van der Waals surface area contributed by atoms with Gasteiger partial charge in [-0.2, -0.15) is 0 Å². The summed E-state index contributed by atoms with van der Waals surface area (Å²) >= 11 is 0. The molecule has 1 aliphatic rings. The zero-order valence-electron chi connectivity index (χ0n) is 19.5. The van der Waals surface area contributed by atoms with Crippen molar-refractivity contribution >= 4 is 11.9 Å². The lowest BCUT2D eigenvalue weighted by Gasteiger charge is -2.34. The molecule has 0 N–H and O–H groups in total. The lowest BCUT2D eigenvalue weighted by Crippen LogP contribution is -2.39. The number of aromatic nitrogens is 2. The first-order valence-electron chi connectivity index (χ1n) is 11.1. The van der Waals surface area contributed by atoms with Gasteiger partial charge in [0, 0.05) is 44.9 Å². The van der Waals surface area contributed by atoms with Crippen LogP contribution in [-0.4, -0.2) is 55.1 Å². The van der Waals surface area contributed by atoms with E-state index in [1.165, 1.54) is 12.1 Å². The molecule has 1 aliphatic heterocycles. The molecule has 2 heterocycles. The van der Waals surface area contributed by atoms with Crippen molar-refractivity contribution < 1.29 is 13.9 Å². The van der Waals surface area contributed by atoms with Crippen LogP contribution in [0.5, 0.6) is 5.75 Å². The Morgan fingerprint density at radius 2 is 1.94 bits per heavy atom. The van der Waals surface area contributed by atoms with Crippen LogP contribution in [0.2, 0.25) is 0 Å². The Kier molecular flexibility index (Phi) is 6.58. The molecule has 33 heavy (non-hydrogen) atoms. The van der Waals surface area contributed by atoms with E-state index in [1.807, 2.05) is 49.0 Å². The van der Waals surface area contributed by atoms with Gasteiger partial charge in [0.1, 0.15) is 11.6 Å². The molecule has 0 spiro atoms. The average Bonchev–Trinajstić information content (AvgIpc) is 2.83. The quantitative estimate of drug-likeness (QED) is 0.567. The summed E-state index contributed by atoms with van der Waals surface area (Å²) in [6.07, 6.45) is 3.58. The Hall–Kier alpha value is -3.48. The SMILES string of the molecule is COc1c(C)cccc1C(=O)N1CCC[C@H](c2nc(N(C)C)ncc2-c2ccc(F)cc2)C1. The van der Waals surface area contributed by atoms with Crippen LogP contribution < -0.4 is 9.64 Å². The third kappa shape index (κ3) is 4.67. The molecule has 3 aromatic rings. The highest BCUT2D eigenvalue weighted by molar-refractivity contribution is 5.97. The van der Waals surface area contributed by atoms with Crippen LogP contribution in [0.1, 0.15) is 40.4 Å². The van der Waals surface area contributed by atoms with Gasteiger partial charge in [0.05, 0.1) is 18.4 Å². The summed E-state index contributed by atoms with van der Waals surface area (Å²) in [6.45, 7) is 3.17. The molecule has 0 unspecified atom stereocenters. The minimum absolute atomic E-state index is 0.0366. The molecule has 1 aromatic heterocycles. The molecule has 0 aliphatic carbocycles.